The predicted molar refractivity (Wildman–Crippen MR) is 102 cm³/mol. The molecule has 3 rings (SSSR count). The molecule has 0 saturated heterocycles. The Kier molecular flexibility index (Phi) is 5.77. The highest BCUT2D eigenvalue weighted by Gasteiger charge is 2.12. The fourth-order valence-electron chi connectivity index (χ4n) is 2.29. The number of aromatic nitrogens is 2. The first-order chi connectivity index (χ1) is 13.0. The predicted octanol–water partition coefficient (Wildman–Crippen LogP) is 3.32. The van der Waals surface area contributed by atoms with Gasteiger partial charge in [-0.25, -0.2) is 14.8 Å². The van der Waals surface area contributed by atoms with Crippen molar-refractivity contribution in [3.8, 4) is 17.1 Å². The topological polar surface area (TPSA) is 90.4 Å². The summed E-state index contributed by atoms with van der Waals surface area (Å²) in [6.45, 7) is 1.54. The van der Waals surface area contributed by atoms with Crippen molar-refractivity contribution in [3.63, 3.8) is 0 Å². The Bertz CT molecular complexity index is 954. The minimum atomic E-state index is -0.632. The molecule has 7 nitrogen and oxygen atoms in total. The Morgan fingerprint density at radius 1 is 1.22 bits per heavy atom. The van der Waals surface area contributed by atoms with Crippen molar-refractivity contribution in [1.82, 2.24) is 9.97 Å². The first kappa shape index (κ1) is 18.5. The van der Waals surface area contributed by atoms with Crippen molar-refractivity contribution < 1.29 is 19.1 Å². The summed E-state index contributed by atoms with van der Waals surface area (Å²) in [5.74, 6) is -0.678. The molecule has 2 aromatic heterocycles. The monoisotopic (exact) mass is 383 g/mol. The zero-order valence-electron chi connectivity index (χ0n) is 14.8. The van der Waals surface area contributed by atoms with E-state index in [1.807, 2.05) is 30.5 Å². The van der Waals surface area contributed by atoms with Crippen molar-refractivity contribution in [2.75, 3.05) is 19.0 Å². The molecular formula is C19H17N3O4S. The van der Waals surface area contributed by atoms with Crippen LogP contribution in [0.4, 0.5) is 5.69 Å². The molecular weight excluding hydrogens is 366 g/mol. The lowest BCUT2D eigenvalue weighted by molar-refractivity contribution is -0.119. The summed E-state index contributed by atoms with van der Waals surface area (Å²) >= 11 is 1.56. The Balaban J connectivity index is 1.56. The van der Waals surface area contributed by atoms with E-state index in [1.54, 1.807) is 23.5 Å². The molecule has 0 aliphatic carbocycles. The van der Waals surface area contributed by atoms with E-state index in [0.29, 0.717) is 11.6 Å². The molecule has 8 heteroatoms. The highest BCUT2D eigenvalue weighted by molar-refractivity contribution is 7.09. The van der Waals surface area contributed by atoms with Gasteiger partial charge in [0, 0.05) is 28.9 Å². The molecule has 1 aromatic carbocycles. The average Bonchev–Trinajstić information content (AvgIpc) is 3.13. The van der Waals surface area contributed by atoms with Crippen LogP contribution in [0.25, 0.3) is 11.3 Å². The number of hydrogen-bond acceptors (Lipinski definition) is 7. The second-order valence-corrected chi connectivity index (χ2v) is 6.61. The van der Waals surface area contributed by atoms with Gasteiger partial charge in [0.1, 0.15) is 0 Å². The number of hydrogen-bond donors (Lipinski definition) is 1. The van der Waals surface area contributed by atoms with Crippen molar-refractivity contribution in [2.24, 2.45) is 0 Å². The van der Waals surface area contributed by atoms with Crippen LogP contribution in [0.2, 0.25) is 0 Å². The van der Waals surface area contributed by atoms with E-state index >= 15 is 0 Å². The molecule has 138 valence electrons. The highest BCUT2D eigenvalue weighted by Crippen LogP contribution is 2.24. The minimum absolute atomic E-state index is 0.240. The number of anilines is 1. The number of benzene rings is 1. The van der Waals surface area contributed by atoms with Gasteiger partial charge in [-0.3, -0.25) is 4.79 Å². The van der Waals surface area contributed by atoms with Gasteiger partial charge < -0.3 is 14.8 Å². The van der Waals surface area contributed by atoms with Gasteiger partial charge in [0.25, 0.3) is 5.91 Å². The average molecular weight is 383 g/mol. The van der Waals surface area contributed by atoms with Crippen LogP contribution in [-0.2, 0) is 9.53 Å². The lowest BCUT2D eigenvalue weighted by Crippen LogP contribution is -2.21. The van der Waals surface area contributed by atoms with Crippen molar-refractivity contribution in [1.29, 1.82) is 0 Å². The first-order valence-electron chi connectivity index (χ1n) is 8.05. The van der Waals surface area contributed by atoms with Crippen molar-refractivity contribution in [2.45, 2.75) is 6.92 Å². The van der Waals surface area contributed by atoms with Crippen LogP contribution in [0.3, 0.4) is 0 Å². The standard InChI is InChI=1S/C19H17N3O4S/c1-12-21-16(11-27-12)13-4-3-5-15(8-13)22-17(23)10-26-19(24)14-6-7-18(25-2)20-9-14/h3-9,11H,10H2,1-2H3,(H,22,23). The molecule has 0 bridgehead atoms. The second kappa shape index (κ2) is 8.41. The number of carbonyl (C=O) groups excluding carboxylic acids is 2. The third-order valence-corrected chi connectivity index (χ3v) is 4.35. The maximum atomic E-state index is 12.1. The highest BCUT2D eigenvalue weighted by atomic mass is 32.1. The molecule has 0 atom stereocenters. The number of amides is 1. The number of nitrogens with zero attached hydrogens (tertiary/aromatic N) is 2. The summed E-state index contributed by atoms with van der Waals surface area (Å²) in [5.41, 5.74) is 2.60. The Labute approximate surface area is 160 Å². The van der Waals surface area contributed by atoms with Crippen LogP contribution in [0.15, 0.2) is 48.0 Å². The third-order valence-electron chi connectivity index (χ3n) is 3.58. The van der Waals surface area contributed by atoms with Crippen LogP contribution in [-0.4, -0.2) is 35.6 Å². The van der Waals surface area contributed by atoms with Gasteiger partial charge in [-0.1, -0.05) is 12.1 Å². The Morgan fingerprint density at radius 2 is 2.07 bits per heavy atom. The lowest BCUT2D eigenvalue weighted by atomic mass is 10.1. The van der Waals surface area contributed by atoms with Gasteiger partial charge in [-0.05, 0) is 25.1 Å². The van der Waals surface area contributed by atoms with Gasteiger partial charge in [-0.2, -0.15) is 0 Å². The molecule has 27 heavy (non-hydrogen) atoms. The van der Waals surface area contributed by atoms with Gasteiger partial charge in [0.05, 0.1) is 23.4 Å². The van der Waals surface area contributed by atoms with Crippen LogP contribution in [0.1, 0.15) is 15.4 Å². The van der Waals surface area contributed by atoms with E-state index in [4.69, 9.17) is 9.47 Å². The van der Waals surface area contributed by atoms with E-state index in [2.05, 4.69) is 15.3 Å². The van der Waals surface area contributed by atoms with Crippen LogP contribution < -0.4 is 10.1 Å². The number of esters is 1. The summed E-state index contributed by atoms with van der Waals surface area (Å²) in [6, 6.07) is 10.4. The zero-order valence-corrected chi connectivity index (χ0v) is 15.6. The quantitative estimate of drug-likeness (QED) is 0.657. The second-order valence-electron chi connectivity index (χ2n) is 5.55. The first-order valence-corrected chi connectivity index (χ1v) is 8.92. The van der Waals surface area contributed by atoms with Gasteiger partial charge in [0.15, 0.2) is 6.61 Å². The molecule has 0 aliphatic rings. The van der Waals surface area contributed by atoms with E-state index in [1.165, 1.54) is 19.4 Å². The maximum absolute atomic E-state index is 12.1. The van der Waals surface area contributed by atoms with E-state index in [-0.39, 0.29) is 5.56 Å². The SMILES string of the molecule is COc1ccc(C(=O)OCC(=O)Nc2cccc(-c3csc(C)n3)c2)cn1. The van der Waals surface area contributed by atoms with Gasteiger partial charge in [0.2, 0.25) is 5.88 Å². The van der Waals surface area contributed by atoms with Gasteiger partial charge >= 0.3 is 5.97 Å². The van der Waals surface area contributed by atoms with Crippen LogP contribution in [0.5, 0.6) is 5.88 Å². The largest absolute Gasteiger partial charge is 0.481 e. The molecule has 3 aromatic rings. The maximum Gasteiger partial charge on any atom is 0.340 e. The van der Waals surface area contributed by atoms with E-state index in [9.17, 15) is 9.59 Å². The van der Waals surface area contributed by atoms with Crippen molar-refractivity contribution in [3.05, 3.63) is 58.5 Å². The number of rotatable bonds is 6. The van der Waals surface area contributed by atoms with E-state index < -0.39 is 18.5 Å². The van der Waals surface area contributed by atoms with Gasteiger partial charge in [-0.15, -0.1) is 11.3 Å². The van der Waals surface area contributed by atoms with Crippen molar-refractivity contribution >= 4 is 28.9 Å². The molecule has 1 amide bonds. The Hall–Kier alpha value is -3.26. The molecule has 1 N–H and O–H groups in total. The zero-order chi connectivity index (χ0) is 19.2. The minimum Gasteiger partial charge on any atom is -0.481 e. The summed E-state index contributed by atoms with van der Waals surface area (Å²) in [4.78, 5) is 32.4. The summed E-state index contributed by atoms with van der Waals surface area (Å²) < 4.78 is 9.94. The number of aryl methyl sites for hydroxylation is 1. The number of pyridine rings is 1. The molecule has 0 radical (unpaired) electrons. The third kappa shape index (κ3) is 4.89. The summed E-state index contributed by atoms with van der Waals surface area (Å²) in [6.07, 6.45) is 1.33. The lowest BCUT2D eigenvalue weighted by Gasteiger charge is -2.08. The molecule has 0 fully saturated rings. The van der Waals surface area contributed by atoms with Crippen LogP contribution >= 0.6 is 11.3 Å². The summed E-state index contributed by atoms with van der Waals surface area (Å²) in [5, 5.41) is 5.64. The van der Waals surface area contributed by atoms with E-state index in [0.717, 1.165) is 16.3 Å². The van der Waals surface area contributed by atoms with Crippen LogP contribution in [0, 0.1) is 6.92 Å². The smallest absolute Gasteiger partial charge is 0.340 e. The Morgan fingerprint density at radius 3 is 2.74 bits per heavy atom. The molecule has 0 spiro atoms. The molecule has 0 saturated carbocycles. The molecule has 0 unspecified atom stereocenters. The molecule has 2 heterocycles. The summed E-state index contributed by atoms with van der Waals surface area (Å²) in [7, 11) is 1.48. The molecule has 0 aliphatic heterocycles. The number of ether oxygens (including phenoxy) is 2. The number of nitrogens with one attached hydrogen (secondary N) is 1. The normalized spacial score (nSPS) is 10.3. The fourth-order valence-corrected chi connectivity index (χ4v) is 2.91. The number of methoxy groups -OCH3 is 1. The fraction of sp³-hybridized carbons (Fsp3) is 0.158. The number of carbonyl (C=O) groups is 2. The number of thiazole rings is 1.